The summed E-state index contributed by atoms with van der Waals surface area (Å²) in [6.07, 6.45) is 3.28. The molecule has 0 saturated carbocycles. The lowest BCUT2D eigenvalue weighted by atomic mass is 10.3. The van der Waals surface area contributed by atoms with Gasteiger partial charge in [-0.3, -0.25) is 0 Å². The van der Waals surface area contributed by atoms with Gasteiger partial charge in [-0.05, 0) is 18.2 Å². The molecule has 4 heteroatoms. The number of hydrogen-bond acceptors (Lipinski definition) is 3. The Morgan fingerprint density at radius 2 is 2.27 bits per heavy atom. The number of rotatable bonds is 3. The first-order valence-electron chi connectivity index (χ1n) is 4.60. The summed E-state index contributed by atoms with van der Waals surface area (Å²) in [6, 6.07) is 6.61. The highest BCUT2D eigenvalue weighted by Gasteiger charge is 2.04. The van der Waals surface area contributed by atoms with Crippen molar-refractivity contribution in [3.05, 3.63) is 48.3 Å². The van der Waals surface area contributed by atoms with Gasteiger partial charge in [0.15, 0.2) is 0 Å². The summed E-state index contributed by atoms with van der Waals surface area (Å²) in [5.41, 5.74) is 1.03. The second-order valence-corrected chi connectivity index (χ2v) is 3.31. The number of aromatic nitrogens is 1. The number of nitrogens with zero attached hydrogens (tertiary/aromatic N) is 2. The Labute approximate surface area is 87.2 Å². The Balaban J connectivity index is 2.11. The Bertz CT molecular complexity index is 428. The van der Waals surface area contributed by atoms with Gasteiger partial charge in [-0.1, -0.05) is 6.07 Å². The van der Waals surface area contributed by atoms with E-state index >= 15 is 0 Å². The summed E-state index contributed by atoms with van der Waals surface area (Å²) in [5.74, 6) is 0.141. The van der Waals surface area contributed by atoms with E-state index in [4.69, 9.17) is 4.42 Å². The van der Waals surface area contributed by atoms with Gasteiger partial charge in [-0.25, -0.2) is 4.98 Å². The fraction of sp³-hybridized carbons (Fsp3) is 0.182. The van der Waals surface area contributed by atoms with Gasteiger partial charge in [0, 0.05) is 19.2 Å². The summed E-state index contributed by atoms with van der Waals surface area (Å²) < 4.78 is 17.8. The molecular weight excluding hydrogens is 195 g/mol. The monoisotopic (exact) mass is 206 g/mol. The van der Waals surface area contributed by atoms with E-state index < -0.39 is 5.95 Å². The van der Waals surface area contributed by atoms with Crippen molar-refractivity contribution in [3.8, 4) is 0 Å². The Morgan fingerprint density at radius 1 is 1.40 bits per heavy atom. The molecule has 0 spiro atoms. The topological polar surface area (TPSA) is 29.3 Å². The van der Waals surface area contributed by atoms with Crippen molar-refractivity contribution < 1.29 is 8.81 Å². The quantitative estimate of drug-likeness (QED) is 0.722. The third-order valence-corrected chi connectivity index (χ3v) is 2.09. The standard InChI is InChI=1S/C11H11FN2O/c1-14(7-9-5-6-15-8-9)11-4-2-3-10(12)13-11/h2-6,8H,7H2,1H3. The summed E-state index contributed by atoms with van der Waals surface area (Å²) in [6.45, 7) is 0.646. The van der Waals surface area contributed by atoms with E-state index in [2.05, 4.69) is 4.98 Å². The highest BCUT2D eigenvalue weighted by atomic mass is 19.1. The smallest absolute Gasteiger partial charge is 0.214 e. The molecule has 0 aromatic carbocycles. The normalized spacial score (nSPS) is 10.3. The molecule has 0 aliphatic carbocycles. The van der Waals surface area contributed by atoms with Crippen LogP contribution < -0.4 is 4.90 Å². The zero-order chi connectivity index (χ0) is 10.7. The Hall–Kier alpha value is -1.84. The second-order valence-electron chi connectivity index (χ2n) is 3.31. The number of pyridine rings is 1. The minimum absolute atomic E-state index is 0.466. The molecule has 0 saturated heterocycles. The van der Waals surface area contributed by atoms with Gasteiger partial charge in [-0.2, -0.15) is 4.39 Å². The van der Waals surface area contributed by atoms with Crippen LogP contribution in [0.4, 0.5) is 10.2 Å². The summed E-state index contributed by atoms with van der Waals surface area (Å²) in [4.78, 5) is 5.64. The average Bonchev–Trinajstić information content (AvgIpc) is 2.70. The first-order valence-corrected chi connectivity index (χ1v) is 4.60. The van der Waals surface area contributed by atoms with Gasteiger partial charge in [0.05, 0.1) is 12.5 Å². The molecule has 15 heavy (non-hydrogen) atoms. The van der Waals surface area contributed by atoms with Gasteiger partial charge in [-0.15, -0.1) is 0 Å². The summed E-state index contributed by atoms with van der Waals surface area (Å²) >= 11 is 0. The highest BCUT2D eigenvalue weighted by Crippen LogP contribution is 2.12. The molecule has 0 aliphatic heterocycles. The van der Waals surface area contributed by atoms with Crippen molar-refractivity contribution in [2.45, 2.75) is 6.54 Å². The first-order chi connectivity index (χ1) is 7.25. The predicted octanol–water partition coefficient (Wildman–Crippen LogP) is 2.45. The lowest BCUT2D eigenvalue weighted by molar-refractivity contribution is 0.563. The van der Waals surface area contributed by atoms with Gasteiger partial charge in [0.2, 0.25) is 5.95 Å². The molecule has 2 aromatic heterocycles. The molecule has 2 rings (SSSR count). The summed E-state index contributed by atoms with van der Waals surface area (Å²) in [7, 11) is 1.86. The van der Waals surface area contributed by atoms with E-state index in [1.54, 1.807) is 24.7 Å². The van der Waals surface area contributed by atoms with Crippen LogP contribution in [0.15, 0.2) is 41.2 Å². The molecule has 3 nitrogen and oxygen atoms in total. The van der Waals surface area contributed by atoms with Crippen molar-refractivity contribution in [1.82, 2.24) is 4.98 Å². The van der Waals surface area contributed by atoms with Crippen LogP contribution in [0.3, 0.4) is 0 Å². The minimum atomic E-state index is -0.466. The molecule has 0 bridgehead atoms. The maximum absolute atomic E-state index is 12.8. The van der Waals surface area contributed by atoms with Crippen molar-refractivity contribution in [3.63, 3.8) is 0 Å². The molecule has 0 fully saturated rings. The van der Waals surface area contributed by atoms with E-state index in [1.165, 1.54) is 6.07 Å². The fourth-order valence-electron chi connectivity index (χ4n) is 1.35. The van der Waals surface area contributed by atoms with Crippen molar-refractivity contribution in [2.75, 3.05) is 11.9 Å². The lowest BCUT2D eigenvalue weighted by Crippen LogP contribution is -2.17. The van der Waals surface area contributed by atoms with Gasteiger partial charge < -0.3 is 9.32 Å². The van der Waals surface area contributed by atoms with Crippen LogP contribution in [0, 0.1) is 5.95 Å². The summed E-state index contributed by atoms with van der Waals surface area (Å²) in [5, 5.41) is 0. The molecule has 0 N–H and O–H groups in total. The Morgan fingerprint density at radius 3 is 2.93 bits per heavy atom. The predicted molar refractivity (Wildman–Crippen MR) is 55.0 cm³/mol. The van der Waals surface area contributed by atoms with Crippen LogP contribution in [0.1, 0.15) is 5.56 Å². The Kier molecular flexibility index (Phi) is 2.67. The van der Waals surface area contributed by atoms with Crippen molar-refractivity contribution in [1.29, 1.82) is 0 Å². The van der Waals surface area contributed by atoms with E-state index in [1.807, 2.05) is 18.0 Å². The lowest BCUT2D eigenvalue weighted by Gasteiger charge is -2.16. The van der Waals surface area contributed by atoms with Crippen molar-refractivity contribution in [2.24, 2.45) is 0 Å². The number of hydrogen-bond donors (Lipinski definition) is 0. The fourth-order valence-corrected chi connectivity index (χ4v) is 1.35. The molecule has 0 aliphatic rings. The molecule has 0 unspecified atom stereocenters. The van der Waals surface area contributed by atoms with Gasteiger partial charge >= 0.3 is 0 Å². The molecule has 2 aromatic rings. The number of halogens is 1. The van der Waals surface area contributed by atoms with E-state index in [9.17, 15) is 4.39 Å². The molecule has 0 amide bonds. The molecule has 0 atom stereocenters. The maximum Gasteiger partial charge on any atom is 0.214 e. The molecule has 78 valence electrons. The average molecular weight is 206 g/mol. The number of furan rings is 1. The molecular formula is C11H11FN2O. The van der Waals surface area contributed by atoms with Gasteiger partial charge in [0.1, 0.15) is 5.82 Å². The van der Waals surface area contributed by atoms with Crippen LogP contribution in [0.25, 0.3) is 0 Å². The van der Waals surface area contributed by atoms with Crippen LogP contribution in [0.5, 0.6) is 0 Å². The molecule has 0 radical (unpaired) electrons. The van der Waals surface area contributed by atoms with Crippen LogP contribution in [-0.2, 0) is 6.54 Å². The largest absolute Gasteiger partial charge is 0.472 e. The van der Waals surface area contributed by atoms with Gasteiger partial charge in [0.25, 0.3) is 0 Å². The van der Waals surface area contributed by atoms with Crippen LogP contribution in [-0.4, -0.2) is 12.0 Å². The zero-order valence-corrected chi connectivity index (χ0v) is 8.35. The SMILES string of the molecule is CN(Cc1ccoc1)c1cccc(F)n1. The maximum atomic E-state index is 12.8. The zero-order valence-electron chi connectivity index (χ0n) is 8.35. The van der Waals surface area contributed by atoms with Crippen molar-refractivity contribution >= 4 is 5.82 Å². The second kappa shape index (κ2) is 4.13. The minimum Gasteiger partial charge on any atom is -0.472 e. The number of anilines is 1. The van der Waals surface area contributed by atoms with E-state index in [-0.39, 0.29) is 0 Å². The van der Waals surface area contributed by atoms with Crippen LogP contribution >= 0.6 is 0 Å². The van der Waals surface area contributed by atoms with E-state index in [0.717, 1.165) is 5.56 Å². The highest BCUT2D eigenvalue weighted by molar-refractivity contribution is 5.37. The van der Waals surface area contributed by atoms with E-state index in [0.29, 0.717) is 12.4 Å². The third kappa shape index (κ3) is 2.34. The third-order valence-electron chi connectivity index (χ3n) is 2.09. The first kappa shape index (κ1) is 9.71. The molecule has 2 heterocycles. The van der Waals surface area contributed by atoms with Crippen LogP contribution in [0.2, 0.25) is 0 Å².